The summed E-state index contributed by atoms with van der Waals surface area (Å²) in [4.78, 5) is 35.7. The highest BCUT2D eigenvalue weighted by molar-refractivity contribution is 5.80. The van der Waals surface area contributed by atoms with Crippen LogP contribution in [0.15, 0.2) is 48.5 Å². The molecule has 0 bridgehead atoms. The lowest BCUT2D eigenvalue weighted by molar-refractivity contribution is -0.138. The van der Waals surface area contributed by atoms with Gasteiger partial charge in [0.05, 0.1) is 6.42 Å². The van der Waals surface area contributed by atoms with Gasteiger partial charge in [0.2, 0.25) is 5.91 Å². The van der Waals surface area contributed by atoms with Gasteiger partial charge >= 0.3 is 12.1 Å². The minimum atomic E-state index is -0.932. The van der Waals surface area contributed by atoms with E-state index in [0.717, 1.165) is 0 Å². The molecule has 0 saturated heterocycles. The first kappa shape index (κ1) is 25.3. The van der Waals surface area contributed by atoms with Crippen LogP contribution in [0.1, 0.15) is 57.1 Å². The second-order valence-corrected chi connectivity index (χ2v) is 9.25. The van der Waals surface area contributed by atoms with Gasteiger partial charge in [-0.25, -0.2) is 4.79 Å². The van der Waals surface area contributed by atoms with Crippen molar-refractivity contribution < 1.29 is 24.2 Å². The molecule has 0 aliphatic heterocycles. The van der Waals surface area contributed by atoms with E-state index in [9.17, 15) is 14.4 Å². The van der Waals surface area contributed by atoms with Crippen molar-refractivity contribution in [3.63, 3.8) is 0 Å². The number of fused-ring (bicyclic) bond motifs is 3. The Balaban J connectivity index is 1.41. The zero-order chi connectivity index (χ0) is 24.7. The molecular weight excluding hydrogens is 432 g/mol. The van der Waals surface area contributed by atoms with E-state index in [1.807, 2.05) is 38.1 Å². The number of alkyl carbamates (subject to hydrolysis) is 1. The Morgan fingerprint density at radius 1 is 0.971 bits per heavy atom. The number of carboxylic acid groups (broad SMARTS) is 1. The van der Waals surface area contributed by atoms with E-state index in [2.05, 4.69) is 34.9 Å². The highest BCUT2D eigenvalue weighted by atomic mass is 16.5. The van der Waals surface area contributed by atoms with Gasteiger partial charge in [0.1, 0.15) is 6.61 Å². The Hall–Kier alpha value is -3.35. The molecule has 0 heterocycles. The van der Waals surface area contributed by atoms with E-state index >= 15 is 0 Å². The molecule has 2 aromatic carbocycles. The Kier molecular flexibility index (Phi) is 8.68. The number of nitrogens with one attached hydrogen (secondary N) is 2. The maximum absolute atomic E-state index is 12.4. The molecule has 2 atom stereocenters. The summed E-state index contributed by atoms with van der Waals surface area (Å²) in [5.41, 5.74) is 4.70. The summed E-state index contributed by atoms with van der Waals surface area (Å²) in [5.74, 6) is -1.33. The van der Waals surface area contributed by atoms with Gasteiger partial charge < -0.3 is 20.5 Å². The van der Waals surface area contributed by atoms with Crippen LogP contribution in [0.3, 0.4) is 0 Å². The molecule has 182 valence electrons. The van der Waals surface area contributed by atoms with E-state index in [-0.39, 0.29) is 36.7 Å². The molecular formula is C27H34N2O5. The molecule has 7 nitrogen and oxygen atoms in total. The molecule has 0 spiro atoms. The van der Waals surface area contributed by atoms with Crippen LogP contribution in [0, 0.1) is 11.8 Å². The average molecular weight is 467 g/mol. The van der Waals surface area contributed by atoms with E-state index in [4.69, 9.17) is 9.84 Å². The van der Waals surface area contributed by atoms with E-state index < -0.39 is 18.1 Å². The molecule has 0 saturated carbocycles. The molecule has 2 aromatic rings. The zero-order valence-electron chi connectivity index (χ0n) is 20.0. The molecule has 1 aliphatic rings. The Morgan fingerprint density at radius 2 is 1.56 bits per heavy atom. The number of carbonyl (C=O) groups is 3. The lowest BCUT2D eigenvalue weighted by Gasteiger charge is -2.23. The summed E-state index contributed by atoms with van der Waals surface area (Å²) in [6, 6.07) is 16.0. The highest BCUT2D eigenvalue weighted by Gasteiger charge is 2.29. The first-order chi connectivity index (χ1) is 16.3. The van der Waals surface area contributed by atoms with Crippen molar-refractivity contribution in [3.05, 3.63) is 59.7 Å². The van der Waals surface area contributed by atoms with Crippen molar-refractivity contribution >= 4 is 18.0 Å². The Bertz CT molecular complexity index is 974. The molecule has 7 heteroatoms. The first-order valence-electron chi connectivity index (χ1n) is 11.9. The summed E-state index contributed by atoms with van der Waals surface area (Å²) < 4.78 is 5.53. The fourth-order valence-corrected chi connectivity index (χ4v) is 4.35. The molecule has 1 aliphatic carbocycles. The Labute approximate surface area is 200 Å². The van der Waals surface area contributed by atoms with Gasteiger partial charge in [-0.3, -0.25) is 9.59 Å². The van der Waals surface area contributed by atoms with Gasteiger partial charge in [-0.2, -0.15) is 0 Å². The summed E-state index contributed by atoms with van der Waals surface area (Å²) in [6.45, 7) is 6.24. The summed E-state index contributed by atoms with van der Waals surface area (Å²) in [5, 5.41) is 14.6. The molecule has 3 rings (SSSR count). The summed E-state index contributed by atoms with van der Waals surface area (Å²) >= 11 is 0. The third kappa shape index (κ3) is 6.37. The number of ether oxygens (including phenoxy) is 1. The average Bonchev–Trinajstić information content (AvgIpc) is 3.13. The number of amides is 2. The molecule has 0 fully saturated rings. The predicted octanol–water partition coefficient (Wildman–Crippen LogP) is 4.56. The maximum Gasteiger partial charge on any atom is 0.407 e. The largest absolute Gasteiger partial charge is 0.481 e. The van der Waals surface area contributed by atoms with Crippen molar-refractivity contribution in [2.75, 3.05) is 13.2 Å². The molecule has 0 aromatic heterocycles. The number of carboxylic acids is 1. The molecule has 2 amide bonds. The molecule has 34 heavy (non-hydrogen) atoms. The normalized spacial score (nSPS) is 14.1. The van der Waals surface area contributed by atoms with Gasteiger partial charge in [0, 0.05) is 24.4 Å². The number of aliphatic carboxylic acids is 1. The SMILES string of the molecule is CC(CCCNC(=O)OCC1c2ccccc2-c2ccccc21)C(=O)NC(CC(=O)O)C(C)C. The van der Waals surface area contributed by atoms with Crippen LogP contribution >= 0.6 is 0 Å². The van der Waals surface area contributed by atoms with Crippen molar-refractivity contribution in [2.24, 2.45) is 11.8 Å². The van der Waals surface area contributed by atoms with Crippen LogP contribution in [0.4, 0.5) is 4.79 Å². The number of benzene rings is 2. The van der Waals surface area contributed by atoms with Crippen LogP contribution in [0.25, 0.3) is 11.1 Å². The monoisotopic (exact) mass is 466 g/mol. The summed E-state index contributed by atoms with van der Waals surface area (Å²) in [7, 11) is 0. The van der Waals surface area contributed by atoms with Gasteiger partial charge in [-0.1, -0.05) is 69.3 Å². The number of hydrogen-bond donors (Lipinski definition) is 3. The van der Waals surface area contributed by atoms with Crippen LogP contribution in [0.5, 0.6) is 0 Å². The first-order valence-corrected chi connectivity index (χ1v) is 11.9. The lowest BCUT2D eigenvalue weighted by Crippen LogP contribution is -2.42. The van der Waals surface area contributed by atoms with E-state index in [1.54, 1.807) is 6.92 Å². The lowest BCUT2D eigenvalue weighted by atomic mass is 9.98. The van der Waals surface area contributed by atoms with Crippen molar-refractivity contribution in [3.8, 4) is 11.1 Å². The van der Waals surface area contributed by atoms with Gasteiger partial charge in [0.25, 0.3) is 0 Å². The quantitative estimate of drug-likeness (QED) is 0.421. The van der Waals surface area contributed by atoms with Crippen LogP contribution in [0.2, 0.25) is 0 Å². The third-order valence-electron chi connectivity index (χ3n) is 6.40. The predicted molar refractivity (Wildman–Crippen MR) is 130 cm³/mol. The smallest absolute Gasteiger partial charge is 0.407 e. The molecule has 3 N–H and O–H groups in total. The van der Waals surface area contributed by atoms with Crippen molar-refractivity contribution in [2.45, 2.75) is 52.0 Å². The zero-order valence-corrected chi connectivity index (χ0v) is 20.0. The minimum Gasteiger partial charge on any atom is -0.481 e. The number of hydrogen-bond acceptors (Lipinski definition) is 4. The van der Waals surface area contributed by atoms with E-state index in [1.165, 1.54) is 22.3 Å². The maximum atomic E-state index is 12.4. The van der Waals surface area contributed by atoms with Gasteiger partial charge in [-0.05, 0) is 41.0 Å². The van der Waals surface area contributed by atoms with Crippen LogP contribution < -0.4 is 10.6 Å². The second-order valence-electron chi connectivity index (χ2n) is 9.25. The fraction of sp³-hybridized carbons (Fsp3) is 0.444. The van der Waals surface area contributed by atoms with Crippen LogP contribution in [-0.2, 0) is 14.3 Å². The minimum absolute atomic E-state index is 0.0153. The molecule has 2 unspecified atom stereocenters. The topological polar surface area (TPSA) is 105 Å². The third-order valence-corrected chi connectivity index (χ3v) is 6.40. The van der Waals surface area contributed by atoms with Crippen molar-refractivity contribution in [1.29, 1.82) is 0 Å². The highest BCUT2D eigenvalue weighted by Crippen LogP contribution is 2.44. The van der Waals surface area contributed by atoms with Crippen LogP contribution in [-0.4, -0.2) is 42.3 Å². The Morgan fingerprint density at radius 3 is 2.12 bits per heavy atom. The second kappa shape index (κ2) is 11.7. The van der Waals surface area contributed by atoms with Crippen molar-refractivity contribution in [1.82, 2.24) is 10.6 Å². The van der Waals surface area contributed by atoms with E-state index in [0.29, 0.717) is 19.4 Å². The van der Waals surface area contributed by atoms with Gasteiger partial charge in [0.15, 0.2) is 0 Å². The standard InChI is InChI=1S/C27H34N2O5/c1-17(2)24(15-25(30)31)29-26(32)18(3)9-8-14-28-27(33)34-16-23-21-12-6-4-10-19(21)20-11-5-7-13-22(20)23/h4-7,10-13,17-18,23-24H,8-9,14-16H2,1-3H3,(H,28,33)(H,29,32)(H,30,31). The summed E-state index contributed by atoms with van der Waals surface area (Å²) in [6.07, 6.45) is 0.622. The number of carbonyl (C=O) groups excluding carboxylic acids is 2. The number of rotatable bonds is 11. The van der Waals surface area contributed by atoms with Gasteiger partial charge in [-0.15, -0.1) is 0 Å². The molecule has 0 radical (unpaired) electrons. The fourth-order valence-electron chi connectivity index (χ4n) is 4.35.